The van der Waals surface area contributed by atoms with Crippen molar-refractivity contribution in [3.8, 4) is 0 Å². The smallest absolute Gasteiger partial charge is 0.255 e. The van der Waals surface area contributed by atoms with Gasteiger partial charge in [0.25, 0.3) is 5.91 Å². The highest BCUT2D eigenvalue weighted by Crippen LogP contribution is 2.34. The van der Waals surface area contributed by atoms with Crippen LogP contribution in [0.4, 0.5) is 20.2 Å². The van der Waals surface area contributed by atoms with E-state index < -0.39 is 27.6 Å². The molecule has 25 heavy (non-hydrogen) atoms. The standard InChI is InChI=1S/C17H16F2N2O3S/c1-10-7-12-8-11(3-6-16(12)21(10)25(2,23)24)17(22)20-13-4-5-14(18)15(19)9-13/h3-6,8-10H,7H2,1-2H3,(H,20,22)/t10-/m1/s1. The first kappa shape index (κ1) is 17.3. The first-order chi connectivity index (χ1) is 11.7. The number of fused-ring (bicyclic) bond motifs is 1. The fraction of sp³-hybridized carbons (Fsp3) is 0.235. The van der Waals surface area contributed by atoms with Crippen molar-refractivity contribution in [3.05, 3.63) is 59.2 Å². The number of carbonyl (C=O) groups excluding carboxylic acids is 1. The van der Waals surface area contributed by atoms with E-state index in [0.29, 0.717) is 17.7 Å². The largest absolute Gasteiger partial charge is 0.322 e. The second-order valence-electron chi connectivity index (χ2n) is 6.04. The molecule has 1 atom stereocenters. The van der Waals surface area contributed by atoms with Gasteiger partial charge in [0.15, 0.2) is 11.6 Å². The molecule has 1 amide bonds. The van der Waals surface area contributed by atoms with Gasteiger partial charge in [-0.2, -0.15) is 0 Å². The molecule has 0 unspecified atom stereocenters. The molecule has 0 spiro atoms. The van der Waals surface area contributed by atoms with Gasteiger partial charge in [0.1, 0.15) is 0 Å². The zero-order valence-electron chi connectivity index (χ0n) is 13.6. The van der Waals surface area contributed by atoms with Crippen LogP contribution in [0.25, 0.3) is 0 Å². The maximum Gasteiger partial charge on any atom is 0.255 e. The predicted octanol–water partition coefficient (Wildman–Crippen LogP) is 2.93. The summed E-state index contributed by atoms with van der Waals surface area (Å²) in [6, 6.07) is 7.57. The molecule has 1 N–H and O–H groups in total. The summed E-state index contributed by atoms with van der Waals surface area (Å²) in [5.41, 5.74) is 1.75. The first-order valence-electron chi connectivity index (χ1n) is 7.55. The van der Waals surface area contributed by atoms with Crippen molar-refractivity contribution in [2.75, 3.05) is 15.9 Å². The second-order valence-corrected chi connectivity index (χ2v) is 7.90. The van der Waals surface area contributed by atoms with Crippen molar-refractivity contribution in [1.82, 2.24) is 0 Å². The van der Waals surface area contributed by atoms with E-state index in [2.05, 4.69) is 5.32 Å². The van der Waals surface area contributed by atoms with Crippen molar-refractivity contribution in [2.45, 2.75) is 19.4 Å². The van der Waals surface area contributed by atoms with Crippen LogP contribution in [0.15, 0.2) is 36.4 Å². The first-order valence-corrected chi connectivity index (χ1v) is 9.40. The van der Waals surface area contributed by atoms with Crippen molar-refractivity contribution in [3.63, 3.8) is 0 Å². The summed E-state index contributed by atoms with van der Waals surface area (Å²) in [5, 5.41) is 2.49. The number of rotatable bonds is 3. The summed E-state index contributed by atoms with van der Waals surface area (Å²) in [4.78, 5) is 12.3. The van der Waals surface area contributed by atoms with E-state index >= 15 is 0 Å². The summed E-state index contributed by atoms with van der Waals surface area (Å²) < 4.78 is 51.3. The molecule has 8 heteroatoms. The highest BCUT2D eigenvalue weighted by molar-refractivity contribution is 7.92. The number of sulfonamides is 1. The fourth-order valence-electron chi connectivity index (χ4n) is 3.03. The molecule has 5 nitrogen and oxygen atoms in total. The summed E-state index contributed by atoms with van der Waals surface area (Å²) in [6.45, 7) is 1.79. The van der Waals surface area contributed by atoms with Crippen LogP contribution < -0.4 is 9.62 Å². The third-order valence-electron chi connectivity index (χ3n) is 4.03. The van der Waals surface area contributed by atoms with Gasteiger partial charge >= 0.3 is 0 Å². The molecule has 0 fully saturated rings. The highest BCUT2D eigenvalue weighted by Gasteiger charge is 2.32. The Morgan fingerprint density at radius 1 is 1.16 bits per heavy atom. The zero-order valence-corrected chi connectivity index (χ0v) is 14.4. The molecule has 0 radical (unpaired) electrons. The summed E-state index contributed by atoms with van der Waals surface area (Å²) in [6.07, 6.45) is 1.64. The van der Waals surface area contributed by atoms with E-state index in [1.54, 1.807) is 19.1 Å². The molecule has 0 saturated heterocycles. The Labute approximate surface area is 144 Å². The van der Waals surface area contributed by atoms with Gasteiger partial charge in [-0.1, -0.05) is 0 Å². The van der Waals surface area contributed by atoms with Crippen LogP contribution in [-0.2, 0) is 16.4 Å². The molecule has 1 heterocycles. The molecule has 0 aromatic heterocycles. The number of nitrogens with zero attached hydrogens (tertiary/aromatic N) is 1. The zero-order chi connectivity index (χ0) is 18.4. The topological polar surface area (TPSA) is 66.5 Å². The van der Waals surface area contributed by atoms with Crippen molar-refractivity contribution < 1.29 is 22.0 Å². The molecule has 0 bridgehead atoms. The van der Waals surface area contributed by atoms with Crippen LogP contribution >= 0.6 is 0 Å². The van der Waals surface area contributed by atoms with Crippen LogP contribution in [0.2, 0.25) is 0 Å². The lowest BCUT2D eigenvalue weighted by atomic mass is 10.1. The minimum atomic E-state index is -3.40. The van der Waals surface area contributed by atoms with E-state index in [1.165, 1.54) is 16.4 Å². The Bertz CT molecular complexity index is 960. The Hall–Kier alpha value is -2.48. The van der Waals surface area contributed by atoms with Crippen molar-refractivity contribution >= 4 is 27.3 Å². The molecule has 3 rings (SSSR count). The summed E-state index contributed by atoms with van der Waals surface area (Å²) in [7, 11) is -3.40. The highest BCUT2D eigenvalue weighted by atomic mass is 32.2. The number of amides is 1. The molecular formula is C17H16F2N2O3S. The maximum absolute atomic E-state index is 13.2. The maximum atomic E-state index is 13.2. The van der Waals surface area contributed by atoms with Gasteiger partial charge in [0.05, 0.1) is 11.9 Å². The third-order valence-corrected chi connectivity index (χ3v) is 5.30. The fourth-order valence-corrected chi connectivity index (χ4v) is 4.29. The summed E-state index contributed by atoms with van der Waals surface area (Å²) >= 11 is 0. The van der Waals surface area contributed by atoms with Gasteiger partial charge in [-0.15, -0.1) is 0 Å². The van der Waals surface area contributed by atoms with Crippen LogP contribution in [0.3, 0.4) is 0 Å². The van der Waals surface area contributed by atoms with Crippen LogP contribution in [-0.4, -0.2) is 26.6 Å². The lowest BCUT2D eigenvalue weighted by Crippen LogP contribution is -2.34. The number of hydrogen-bond donors (Lipinski definition) is 1. The molecule has 1 aliphatic rings. The van der Waals surface area contributed by atoms with E-state index in [4.69, 9.17) is 0 Å². The lowest BCUT2D eigenvalue weighted by Gasteiger charge is -2.21. The molecule has 0 aliphatic carbocycles. The van der Waals surface area contributed by atoms with Gasteiger partial charge in [-0.25, -0.2) is 17.2 Å². The molecule has 2 aromatic rings. The van der Waals surface area contributed by atoms with Gasteiger partial charge in [-0.3, -0.25) is 9.10 Å². The monoisotopic (exact) mass is 366 g/mol. The number of benzene rings is 2. The van der Waals surface area contributed by atoms with Gasteiger partial charge in [0, 0.05) is 23.4 Å². The predicted molar refractivity (Wildman–Crippen MR) is 91.2 cm³/mol. The number of hydrogen-bond acceptors (Lipinski definition) is 3. The van der Waals surface area contributed by atoms with Crippen LogP contribution in [0.5, 0.6) is 0 Å². The Balaban J connectivity index is 1.86. The van der Waals surface area contributed by atoms with Gasteiger partial charge in [-0.05, 0) is 49.2 Å². The molecule has 0 saturated carbocycles. The number of carbonyl (C=O) groups is 1. The Morgan fingerprint density at radius 3 is 2.52 bits per heavy atom. The van der Waals surface area contributed by atoms with Crippen molar-refractivity contribution in [1.29, 1.82) is 0 Å². The summed E-state index contributed by atoms with van der Waals surface area (Å²) in [5.74, 6) is -2.53. The SMILES string of the molecule is C[C@@H]1Cc2cc(C(=O)Nc3ccc(F)c(F)c3)ccc2N1S(C)(=O)=O. The minimum Gasteiger partial charge on any atom is -0.322 e. The minimum absolute atomic E-state index is 0.135. The normalized spacial score (nSPS) is 16.6. The molecule has 1 aliphatic heterocycles. The quantitative estimate of drug-likeness (QED) is 0.908. The van der Waals surface area contributed by atoms with Gasteiger partial charge < -0.3 is 5.32 Å². The van der Waals surface area contributed by atoms with Crippen LogP contribution in [0.1, 0.15) is 22.8 Å². The Morgan fingerprint density at radius 2 is 1.88 bits per heavy atom. The van der Waals surface area contributed by atoms with E-state index in [-0.39, 0.29) is 11.7 Å². The van der Waals surface area contributed by atoms with E-state index in [9.17, 15) is 22.0 Å². The Kier molecular flexibility index (Phi) is 4.24. The average molecular weight is 366 g/mol. The lowest BCUT2D eigenvalue weighted by molar-refractivity contribution is 0.102. The molecule has 132 valence electrons. The van der Waals surface area contributed by atoms with Crippen molar-refractivity contribution in [2.24, 2.45) is 0 Å². The number of nitrogens with one attached hydrogen (secondary N) is 1. The number of halogens is 2. The third kappa shape index (κ3) is 3.34. The number of anilines is 2. The van der Waals surface area contributed by atoms with Crippen LogP contribution in [0, 0.1) is 11.6 Å². The van der Waals surface area contributed by atoms with E-state index in [0.717, 1.165) is 24.0 Å². The molecular weight excluding hydrogens is 350 g/mol. The van der Waals surface area contributed by atoms with Gasteiger partial charge in [0.2, 0.25) is 10.0 Å². The average Bonchev–Trinajstić information content (AvgIpc) is 2.85. The molecule has 2 aromatic carbocycles. The second kappa shape index (κ2) is 6.11. The van der Waals surface area contributed by atoms with E-state index in [1.807, 2.05) is 0 Å².